The van der Waals surface area contributed by atoms with E-state index in [0.717, 1.165) is 0 Å². The molecule has 0 radical (unpaired) electrons. The van der Waals surface area contributed by atoms with Crippen molar-refractivity contribution in [2.45, 2.75) is 30.8 Å². The fraction of sp³-hybridized carbons (Fsp3) is 0.857. The summed E-state index contributed by atoms with van der Waals surface area (Å²) in [6.07, 6.45) is -1.09. The van der Waals surface area contributed by atoms with Gasteiger partial charge >= 0.3 is 11.7 Å². The first-order valence-corrected chi connectivity index (χ1v) is 6.02. The summed E-state index contributed by atoms with van der Waals surface area (Å²) in [4.78, 5) is 10.5. The Morgan fingerprint density at radius 2 is 2.12 bits per heavy atom. The molecule has 1 fully saturated rings. The van der Waals surface area contributed by atoms with Gasteiger partial charge in [-0.05, 0) is 12.8 Å². The maximum Gasteiger partial charge on any atom is 0.350 e. The van der Waals surface area contributed by atoms with Gasteiger partial charge in [-0.2, -0.15) is 8.78 Å². The van der Waals surface area contributed by atoms with Gasteiger partial charge in [0.05, 0.1) is 6.10 Å². The minimum Gasteiger partial charge on any atom is -0.479 e. The average Bonchev–Trinajstić information content (AvgIpc) is 2.63. The van der Waals surface area contributed by atoms with Gasteiger partial charge in [0, 0.05) is 6.54 Å². The summed E-state index contributed by atoms with van der Waals surface area (Å²) < 4.78 is 51.7. The third-order valence-corrected chi connectivity index (χ3v) is 3.17. The van der Waals surface area contributed by atoms with E-state index in [1.54, 1.807) is 4.72 Å². The van der Waals surface area contributed by atoms with Crippen molar-refractivity contribution in [2.75, 3.05) is 6.54 Å². The Balaban J connectivity index is 2.39. The number of ether oxygens (including phenoxy) is 1. The molecule has 1 aliphatic rings. The zero-order valence-electron chi connectivity index (χ0n) is 8.10. The van der Waals surface area contributed by atoms with Crippen molar-refractivity contribution in [1.29, 1.82) is 0 Å². The van der Waals surface area contributed by atoms with Crippen LogP contribution in [0.1, 0.15) is 12.8 Å². The molecule has 0 aromatic rings. The smallest absolute Gasteiger partial charge is 0.350 e. The predicted molar refractivity (Wildman–Crippen MR) is 48.5 cm³/mol. The standard InChI is InChI=1S/C7H11F2NO5S/c8-7(9)16(13,14)10-3-4-1-2-5(15-4)6(11)12/h4-5,7,10H,1-3H2,(H,11,12). The largest absolute Gasteiger partial charge is 0.479 e. The molecule has 9 heteroatoms. The fourth-order valence-electron chi connectivity index (χ4n) is 1.31. The number of nitrogens with one attached hydrogen (secondary N) is 1. The molecule has 16 heavy (non-hydrogen) atoms. The van der Waals surface area contributed by atoms with Gasteiger partial charge < -0.3 is 9.84 Å². The monoisotopic (exact) mass is 259 g/mol. The maximum absolute atomic E-state index is 11.9. The Labute approximate surface area is 90.6 Å². The quantitative estimate of drug-likeness (QED) is 0.711. The first-order chi connectivity index (χ1) is 7.33. The van der Waals surface area contributed by atoms with E-state index < -0.39 is 34.0 Å². The molecule has 2 unspecified atom stereocenters. The molecule has 0 bridgehead atoms. The van der Waals surface area contributed by atoms with Crippen LogP contribution >= 0.6 is 0 Å². The Morgan fingerprint density at radius 1 is 1.50 bits per heavy atom. The average molecular weight is 259 g/mol. The molecule has 0 spiro atoms. The van der Waals surface area contributed by atoms with Crippen LogP contribution in [0.15, 0.2) is 0 Å². The third-order valence-electron chi connectivity index (χ3n) is 2.13. The number of hydrogen-bond donors (Lipinski definition) is 2. The van der Waals surface area contributed by atoms with Gasteiger partial charge in [0.1, 0.15) is 0 Å². The topological polar surface area (TPSA) is 92.7 Å². The molecule has 0 saturated carbocycles. The van der Waals surface area contributed by atoms with Crippen molar-refractivity contribution < 1.29 is 31.8 Å². The van der Waals surface area contributed by atoms with E-state index in [2.05, 4.69) is 0 Å². The van der Waals surface area contributed by atoms with Gasteiger partial charge in [-0.15, -0.1) is 0 Å². The van der Waals surface area contributed by atoms with Gasteiger partial charge in [-0.25, -0.2) is 17.9 Å². The highest BCUT2D eigenvalue weighted by atomic mass is 32.2. The van der Waals surface area contributed by atoms with Crippen molar-refractivity contribution >= 4 is 16.0 Å². The molecule has 0 aromatic carbocycles. The van der Waals surface area contributed by atoms with E-state index in [4.69, 9.17) is 9.84 Å². The summed E-state index contributed by atoms with van der Waals surface area (Å²) in [5.74, 6) is -4.64. The van der Waals surface area contributed by atoms with Crippen molar-refractivity contribution in [3.05, 3.63) is 0 Å². The molecule has 1 rings (SSSR count). The summed E-state index contributed by atoms with van der Waals surface area (Å²) in [5.41, 5.74) is 0. The third kappa shape index (κ3) is 3.35. The molecule has 0 aliphatic carbocycles. The number of hydrogen-bond acceptors (Lipinski definition) is 4. The van der Waals surface area contributed by atoms with Crippen molar-refractivity contribution in [3.8, 4) is 0 Å². The van der Waals surface area contributed by atoms with E-state index in [9.17, 15) is 22.0 Å². The first kappa shape index (κ1) is 13.3. The Kier molecular flexibility index (Phi) is 4.16. The van der Waals surface area contributed by atoms with Crippen LogP contribution in [0.3, 0.4) is 0 Å². The molecular formula is C7H11F2NO5S. The number of rotatable bonds is 5. The van der Waals surface area contributed by atoms with Crippen LogP contribution in [-0.2, 0) is 19.6 Å². The van der Waals surface area contributed by atoms with Gasteiger partial charge in [0.25, 0.3) is 10.0 Å². The normalized spacial score (nSPS) is 26.2. The number of sulfonamides is 1. The fourth-order valence-corrected chi connectivity index (χ4v) is 1.85. The second kappa shape index (κ2) is 5.02. The molecular weight excluding hydrogens is 248 g/mol. The SMILES string of the molecule is O=C(O)C1CCC(CNS(=O)(=O)C(F)F)O1. The Bertz CT molecular complexity index is 358. The highest BCUT2D eigenvalue weighted by molar-refractivity contribution is 7.89. The van der Waals surface area contributed by atoms with Gasteiger partial charge in [0.2, 0.25) is 0 Å². The first-order valence-electron chi connectivity index (χ1n) is 4.48. The molecule has 0 amide bonds. The van der Waals surface area contributed by atoms with Crippen LogP contribution < -0.4 is 4.72 Å². The van der Waals surface area contributed by atoms with Crippen LogP contribution in [0.2, 0.25) is 0 Å². The summed E-state index contributed by atoms with van der Waals surface area (Å²) in [5, 5.41) is 8.56. The Hall–Kier alpha value is -0.800. The highest BCUT2D eigenvalue weighted by Crippen LogP contribution is 2.19. The van der Waals surface area contributed by atoms with Crippen molar-refractivity contribution in [3.63, 3.8) is 0 Å². The summed E-state index contributed by atoms with van der Waals surface area (Å²) in [6.45, 7) is -0.337. The lowest BCUT2D eigenvalue weighted by atomic mass is 10.2. The minimum atomic E-state index is -4.63. The van der Waals surface area contributed by atoms with Crippen LogP contribution in [-0.4, -0.2) is 44.0 Å². The summed E-state index contributed by atoms with van der Waals surface area (Å²) >= 11 is 0. The molecule has 2 N–H and O–H groups in total. The zero-order valence-corrected chi connectivity index (χ0v) is 8.91. The van der Waals surface area contributed by atoms with Crippen LogP contribution in [0.4, 0.5) is 8.78 Å². The van der Waals surface area contributed by atoms with E-state index in [1.165, 1.54) is 0 Å². The van der Waals surface area contributed by atoms with Gasteiger partial charge in [-0.3, -0.25) is 0 Å². The highest BCUT2D eigenvalue weighted by Gasteiger charge is 2.32. The summed E-state index contributed by atoms with van der Waals surface area (Å²) in [6, 6.07) is 0. The molecule has 1 heterocycles. The zero-order chi connectivity index (χ0) is 12.3. The number of carboxylic acids is 1. The van der Waals surface area contributed by atoms with Crippen LogP contribution in [0, 0.1) is 0 Å². The number of alkyl halides is 2. The maximum atomic E-state index is 11.9. The van der Waals surface area contributed by atoms with E-state index in [1.807, 2.05) is 0 Å². The molecule has 1 aliphatic heterocycles. The lowest BCUT2D eigenvalue weighted by Crippen LogP contribution is -2.36. The lowest BCUT2D eigenvalue weighted by molar-refractivity contribution is -0.149. The number of carbonyl (C=O) groups is 1. The van der Waals surface area contributed by atoms with E-state index >= 15 is 0 Å². The van der Waals surface area contributed by atoms with Gasteiger partial charge in [-0.1, -0.05) is 0 Å². The van der Waals surface area contributed by atoms with E-state index in [-0.39, 0.29) is 13.0 Å². The lowest BCUT2D eigenvalue weighted by Gasteiger charge is -2.12. The number of halogens is 2. The second-order valence-corrected chi connectivity index (χ2v) is 5.05. The van der Waals surface area contributed by atoms with Gasteiger partial charge in [0.15, 0.2) is 6.10 Å². The molecule has 0 aromatic heterocycles. The molecule has 1 saturated heterocycles. The van der Waals surface area contributed by atoms with Crippen LogP contribution in [0.5, 0.6) is 0 Å². The predicted octanol–water partition coefficient (Wildman–Crippen LogP) is -0.239. The van der Waals surface area contributed by atoms with Crippen molar-refractivity contribution in [1.82, 2.24) is 4.72 Å². The number of carboxylic acid groups (broad SMARTS) is 1. The number of aliphatic carboxylic acids is 1. The summed E-state index contributed by atoms with van der Waals surface area (Å²) in [7, 11) is -4.63. The van der Waals surface area contributed by atoms with Crippen molar-refractivity contribution in [2.24, 2.45) is 0 Å². The second-order valence-electron chi connectivity index (χ2n) is 3.32. The minimum absolute atomic E-state index is 0.246. The van der Waals surface area contributed by atoms with E-state index in [0.29, 0.717) is 6.42 Å². The van der Waals surface area contributed by atoms with Crippen LogP contribution in [0.25, 0.3) is 0 Å². The molecule has 2 atom stereocenters. The molecule has 6 nitrogen and oxygen atoms in total. The molecule has 94 valence electrons. The Morgan fingerprint density at radius 3 is 2.56 bits per heavy atom.